The Kier molecular flexibility index (Phi) is 4.35. The highest BCUT2D eigenvalue weighted by Gasteiger charge is 2.39. The molecule has 0 amide bonds. The SMILES string of the molecule is COc1ccc(C2CC(=O)C3=C(C2)Nc2ncnn2C3c2cccs2)cc1OC. The largest absolute Gasteiger partial charge is 0.493 e. The van der Waals surface area contributed by atoms with Crippen molar-refractivity contribution in [3.8, 4) is 11.5 Å². The second kappa shape index (κ2) is 7.04. The summed E-state index contributed by atoms with van der Waals surface area (Å²) >= 11 is 1.63. The first-order valence-electron chi connectivity index (χ1n) is 9.37. The van der Waals surface area contributed by atoms with E-state index in [4.69, 9.17) is 9.47 Å². The number of hydrogen-bond acceptors (Lipinski definition) is 7. The fourth-order valence-corrected chi connectivity index (χ4v) is 5.02. The molecule has 2 aliphatic rings. The molecule has 0 saturated heterocycles. The topological polar surface area (TPSA) is 78.3 Å². The van der Waals surface area contributed by atoms with Crippen molar-refractivity contribution in [3.63, 3.8) is 0 Å². The van der Waals surface area contributed by atoms with Gasteiger partial charge in [-0.3, -0.25) is 4.79 Å². The maximum Gasteiger partial charge on any atom is 0.226 e. The molecule has 0 saturated carbocycles. The number of Topliss-reactive ketones (excluding diaryl/α,β-unsaturated/α-hetero) is 1. The molecule has 1 aliphatic carbocycles. The highest BCUT2D eigenvalue weighted by molar-refractivity contribution is 7.10. The average Bonchev–Trinajstić information content (AvgIpc) is 3.43. The van der Waals surface area contributed by atoms with E-state index in [-0.39, 0.29) is 17.7 Å². The van der Waals surface area contributed by atoms with Gasteiger partial charge in [0.2, 0.25) is 5.95 Å². The van der Waals surface area contributed by atoms with Crippen LogP contribution in [0.3, 0.4) is 0 Å². The number of allylic oxidation sites excluding steroid dienone is 2. The normalized spacial score (nSPS) is 20.7. The quantitative estimate of drug-likeness (QED) is 0.708. The number of carbonyl (C=O) groups excluding carboxylic acids is 1. The van der Waals surface area contributed by atoms with Gasteiger partial charge in [0.25, 0.3) is 0 Å². The zero-order valence-electron chi connectivity index (χ0n) is 16.1. The third-order valence-corrected chi connectivity index (χ3v) is 6.48. The number of carbonyl (C=O) groups is 1. The standard InChI is InChI=1S/C21H20N4O3S/c1-27-16-6-5-12(10-17(16)28-2)13-8-14-19(15(26)9-13)20(18-4-3-7-29-18)25-21(24-14)22-11-23-25/h3-7,10-11,13,20H,8-9H2,1-2H3,(H,22,23,24). The van der Waals surface area contributed by atoms with Crippen LogP contribution in [0.25, 0.3) is 0 Å². The lowest BCUT2D eigenvalue weighted by Gasteiger charge is -2.34. The van der Waals surface area contributed by atoms with Crippen molar-refractivity contribution in [1.29, 1.82) is 0 Å². The van der Waals surface area contributed by atoms with E-state index in [0.717, 1.165) is 28.1 Å². The molecular weight excluding hydrogens is 388 g/mol. The Bertz CT molecular complexity index is 1100. The summed E-state index contributed by atoms with van der Waals surface area (Å²) in [4.78, 5) is 18.7. The van der Waals surface area contributed by atoms with Crippen LogP contribution in [0.1, 0.15) is 35.2 Å². The molecule has 2 unspecified atom stereocenters. The van der Waals surface area contributed by atoms with Crippen molar-refractivity contribution in [1.82, 2.24) is 14.8 Å². The van der Waals surface area contributed by atoms with Crippen LogP contribution in [-0.4, -0.2) is 34.8 Å². The highest BCUT2D eigenvalue weighted by Crippen LogP contribution is 2.45. The smallest absolute Gasteiger partial charge is 0.226 e. The van der Waals surface area contributed by atoms with E-state index in [1.54, 1.807) is 30.2 Å². The van der Waals surface area contributed by atoms with Gasteiger partial charge in [-0.05, 0) is 41.5 Å². The van der Waals surface area contributed by atoms with Crippen LogP contribution in [0.2, 0.25) is 0 Å². The Labute approximate surface area is 172 Å². The molecule has 0 fully saturated rings. The molecule has 148 valence electrons. The molecular formula is C21H20N4O3S. The molecule has 1 N–H and O–H groups in total. The summed E-state index contributed by atoms with van der Waals surface area (Å²) in [5.41, 5.74) is 2.78. The summed E-state index contributed by atoms with van der Waals surface area (Å²) in [5, 5.41) is 9.74. The van der Waals surface area contributed by atoms with Crippen LogP contribution in [-0.2, 0) is 4.79 Å². The molecule has 0 spiro atoms. The van der Waals surface area contributed by atoms with E-state index in [1.165, 1.54) is 6.33 Å². The van der Waals surface area contributed by atoms with E-state index in [2.05, 4.69) is 15.4 Å². The lowest BCUT2D eigenvalue weighted by atomic mass is 9.79. The number of hydrogen-bond donors (Lipinski definition) is 1. The lowest BCUT2D eigenvalue weighted by molar-refractivity contribution is -0.116. The van der Waals surface area contributed by atoms with Crippen LogP contribution in [0.5, 0.6) is 11.5 Å². The first kappa shape index (κ1) is 17.9. The number of rotatable bonds is 4. The summed E-state index contributed by atoms with van der Waals surface area (Å²) in [6.07, 6.45) is 2.70. The number of fused-ring (bicyclic) bond motifs is 1. The predicted octanol–water partition coefficient (Wildman–Crippen LogP) is 3.77. The van der Waals surface area contributed by atoms with Gasteiger partial charge in [0.1, 0.15) is 12.4 Å². The van der Waals surface area contributed by atoms with Crippen molar-refractivity contribution in [2.24, 2.45) is 0 Å². The van der Waals surface area contributed by atoms with E-state index in [1.807, 2.05) is 35.7 Å². The Morgan fingerprint density at radius 3 is 2.79 bits per heavy atom. The van der Waals surface area contributed by atoms with Crippen LogP contribution >= 0.6 is 11.3 Å². The molecule has 8 heteroatoms. The van der Waals surface area contributed by atoms with Gasteiger partial charge in [0, 0.05) is 22.6 Å². The number of thiophene rings is 1. The van der Waals surface area contributed by atoms with Crippen LogP contribution in [0, 0.1) is 0 Å². The number of aromatic nitrogens is 3. The number of anilines is 1. The monoisotopic (exact) mass is 408 g/mol. The number of methoxy groups -OCH3 is 2. The van der Waals surface area contributed by atoms with E-state index >= 15 is 0 Å². The zero-order valence-corrected chi connectivity index (χ0v) is 16.9. The molecule has 0 bridgehead atoms. The minimum Gasteiger partial charge on any atom is -0.493 e. The zero-order chi connectivity index (χ0) is 20.0. The van der Waals surface area contributed by atoms with Crippen molar-refractivity contribution in [2.75, 3.05) is 19.5 Å². The Balaban J connectivity index is 1.54. The second-order valence-corrected chi connectivity index (χ2v) is 8.09. The molecule has 29 heavy (non-hydrogen) atoms. The minimum absolute atomic E-state index is 0.0620. The third kappa shape index (κ3) is 2.91. The number of nitrogens with one attached hydrogen (secondary N) is 1. The average molecular weight is 408 g/mol. The Hall–Kier alpha value is -3.13. The van der Waals surface area contributed by atoms with Crippen molar-refractivity contribution >= 4 is 23.1 Å². The Morgan fingerprint density at radius 2 is 2.03 bits per heavy atom. The summed E-state index contributed by atoms with van der Waals surface area (Å²) < 4.78 is 12.6. The van der Waals surface area contributed by atoms with Crippen molar-refractivity contribution < 1.29 is 14.3 Å². The molecule has 3 heterocycles. The number of ether oxygens (including phenoxy) is 2. The molecule has 0 radical (unpaired) electrons. The van der Waals surface area contributed by atoms with Gasteiger partial charge in [0.05, 0.1) is 14.2 Å². The first-order valence-corrected chi connectivity index (χ1v) is 10.3. The van der Waals surface area contributed by atoms with Crippen molar-refractivity contribution in [2.45, 2.75) is 24.8 Å². The van der Waals surface area contributed by atoms with E-state index in [9.17, 15) is 4.79 Å². The fraction of sp³-hybridized carbons (Fsp3) is 0.286. The van der Waals surface area contributed by atoms with Gasteiger partial charge in [-0.25, -0.2) is 4.68 Å². The van der Waals surface area contributed by atoms with Crippen LogP contribution in [0.15, 0.2) is 53.3 Å². The van der Waals surface area contributed by atoms with E-state index in [0.29, 0.717) is 23.9 Å². The molecule has 3 aromatic rings. The van der Waals surface area contributed by atoms with Gasteiger partial charge in [-0.2, -0.15) is 10.1 Å². The van der Waals surface area contributed by atoms with Gasteiger partial charge in [-0.15, -0.1) is 11.3 Å². The molecule has 5 rings (SSSR count). The summed E-state index contributed by atoms with van der Waals surface area (Å²) in [5.74, 6) is 2.22. The number of benzene rings is 1. The summed E-state index contributed by atoms with van der Waals surface area (Å²) in [6.45, 7) is 0. The van der Waals surface area contributed by atoms with E-state index < -0.39 is 0 Å². The maximum absolute atomic E-state index is 13.3. The van der Waals surface area contributed by atoms with Gasteiger partial charge < -0.3 is 14.8 Å². The minimum atomic E-state index is -0.220. The van der Waals surface area contributed by atoms with Crippen LogP contribution < -0.4 is 14.8 Å². The molecule has 1 aliphatic heterocycles. The lowest BCUT2D eigenvalue weighted by Crippen LogP contribution is -2.33. The summed E-state index contributed by atoms with van der Waals surface area (Å²) in [7, 11) is 3.24. The molecule has 2 aromatic heterocycles. The first-order chi connectivity index (χ1) is 14.2. The van der Waals surface area contributed by atoms with Gasteiger partial charge >= 0.3 is 0 Å². The van der Waals surface area contributed by atoms with Gasteiger partial charge in [0.15, 0.2) is 17.3 Å². The fourth-order valence-electron chi connectivity index (χ4n) is 4.20. The number of ketones is 1. The molecule has 1 aromatic carbocycles. The predicted molar refractivity (Wildman–Crippen MR) is 110 cm³/mol. The number of nitrogens with zero attached hydrogens (tertiary/aromatic N) is 3. The maximum atomic E-state index is 13.3. The summed E-state index contributed by atoms with van der Waals surface area (Å²) in [6, 6.07) is 9.69. The Morgan fingerprint density at radius 1 is 1.17 bits per heavy atom. The molecule has 2 atom stereocenters. The van der Waals surface area contributed by atoms with Gasteiger partial charge in [-0.1, -0.05) is 12.1 Å². The van der Waals surface area contributed by atoms with Crippen molar-refractivity contribution in [3.05, 3.63) is 63.7 Å². The highest BCUT2D eigenvalue weighted by atomic mass is 32.1. The second-order valence-electron chi connectivity index (χ2n) is 7.11. The molecule has 7 nitrogen and oxygen atoms in total. The third-order valence-electron chi connectivity index (χ3n) is 5.55. The van der Waals surface area contributed by atoms with Crippen LogP contribution in [0.4, 0.5) is 5.95 Å².